The van der Waals surface area contributed by atoms with E-state index in [0.29, 0.717) is 5.69 Å². The van der Waals surface area contributed by atoms with Crippen LogP contribution in [0.25, 0.3) is 11.6 Å². The average molecular weight is 382 g/mol. The maximum Gasteiger partial charge on any atom is 0.416 e. The van der Waals surface area contributed by atoms with E-state index in [-0.39, 0.29) is 16.8 Å². The number of carbonyl (C=O) groups excluding carboxylic acids is 1. The van der Waals surface area contributed by atoms with Crippen LogP contribution in [0.5, 0.6) is 0 Å². The van der Waals surface area contributed by atoms with E-state index in [2.05, 4.69) is 20.5 Å². The van der Waals surface area contributed by atoms with Crippen molar-refractivity contribution in [2.24, 2.45) is 0 Å². The highest BCUT2D eigenvalue weighted by Crippen LogP contribution is 2.31. The highest BCUT2D eigenvalue weighted by atomic mass is 32.2. The Hall–Kier alpha value is -2.75. The Morgan fingerprint density at radius 2 is 2.08 bits per heavy atom. The van der Waals surface area contributed by atoms with Crippen molar-refractivity contribution in [3.05, 3.63) is 48.2 Å². The predicted molar refractivity (Wildman–Crippen MR) is 89.5 cm³/mol. The molecule has 26 heavy (non-hydrogen) atoms. The molecule has 0 radical (unpaired) electrons. The number of aromatic nitrogens is 3. The SMILES string of the molecule is CC(Sc1nnc(-c2ccc[nH]2)o1)C(=O)Nc1cccc(C(F)(F)F)c1. The average Bonchev–Trinajstić information content (AvgIpc) is 3.25. The van der Waals surface area contributed by atoms with E-state index in [1.54, 1.807) is 25.3 Å². The van der Waals surface area contributed by atoms with E-state index in [1.165, 1.54) is 12.1 Å². The summed E-state index contributed by atoms with van der Waals surface area (Å²) in [7, 11) is 0. The second-order valence-electron chi connectivity index (χ2n) is 5.28. The normalized spacial score (nSPS) is 12.8. The van der Waals surface area contributed by atoms with Crippen molar-refractivity contribution in [2.45, 2.75) is 23.6 Å². The zero-order valence-corrected chi connectivity index (χ0v) is 14.2. The van der Waals surface area contributed by atoms with E-state index >= 15 is 0 Å². The fourth-order valence-corrected chi connectivity index (χ4v) is 2.73. The lowest BCUT2D eigenvalue weighted by Gasteiger charge is -2.12. The molecular weight excluding hydrogens is 369 g/mol. The monoisotopic (exact) mass is 382 g/mol. The van der Waals surface area contributed by atoms with Crippen molar-refractivity contribution in [1.82, 2.24) is 15.2 Å². The van der Waals surface area contributed by atoms with E-state index in [4.69, 9.17) is 4.42 Å². The fraction of sp³-hybridized carbons (Fsp3) is 0.188. The number of carbonyl (C=O) groups is 1. The van der Waals surface area contributed by atoms with Crippen molar-refractivity contribution < 1.29 is 22.4 Å². The van der Waals surface area contributed by atoms with Crippen LogP contribution in [0, 0.1) is 0 Å². The molecule has 1 amide bonds. The van der Waals surface area contributed by atoms with Gasteiger partial charge in [0, 0.05) is 11.9 Å². The number of thioether (sulfide) groups is 1. The summed E-state index contributed by atoms with van der Waals surface area (Å²) < 4.78 is 43.6. The van der Waals surface area contributed by atoms with Crippen LogP contribution in [0.2, 0.25) is 0 Å². The summed E-state index contributed by atoms with van der Waals surface area (Å²) in [5.74, 6) is -0.197. The van der Waals surface area contributed by atoms with E-state index in [9.17, 15) is 18.0 Å². The highest BCUT2D eigenvalue weighted by Gasteiger charge is 2.30. The molecule has 0 saturated carbocycles. The Balaban J connectivity index is 1.63. The number of halogens is 3. The second kappa shape index (κ2) is 7.24. The van der Waals surface area contributed by atoms with Crippen molar-refractivity contribution in [2.75, 3.05) is 5.32 Å². The number of rotatable bonds is 5. The molecule has 0 bridgehead atoms. The van der Waals surface area contributed by atoms with Crippen molar-refractivity contribution in [1.29, 1.82) is 0 Å². The molecule has 10 heteroatoms. The third kappa shape index (κ3) is 4.26. The quantitative estimate of drug-likeness (QED) is 0.646. The smallest absolute Gasteiger partial charge is 0.410 e. The van der Waals surface area contributed by atoms with Crippen LogP contribution in [0.3, 0.4) is 0 Å². The van der Waals surface area contributed by atoms with Crippen LogP contribution >= 0.6 is 11.8 Å². The summed E-state index contributed by atoms with van der Waals surface area (Å²) in [6.45, 7) is 1.59. The standard InChI is InChI=1S/C16H13F3N4O2S/c1-9(26-15-23-22-14(25-15)12-6-3-7-20-12)13(24)21-11-5-2-4-10(8-11)16(17,18)19/h2-9,20H,1H3,(H,21,24). The Morgan fingerprint density at radius 3 is 2.77 bits per heavy atom. The molecule has 0 saturated heterocycles. The van der Waals surface area contributed by atoms with E-state index in [0.717, 1.165) is 23.9 Å². The summed E-state index contributed by atoms with van der Waals surface area (Å²) in [5, 5.41) is 9.70. The molecule has 1 aromatic carbocycles. The van der Waals surface area contributed by atoms with Gasteiger partial charge in [-0.1, -0.05) is 17.8 Å². The summed E-state index contributed by atoms with van der Waals surface area (Å²) in [4.78, 5) is 15.1. The first kappa shape index (κ1) is 18.1. The number of benzene rings is 1. The molecule has 3 rings (SSSR count). The van der Waals surface area contributed by atoms with Crippen LogP contribution in [-0.4, -0.2) is 26.3 Å². The zero-order valence-electron chi connectivity index (χ0n) is 13.4. The summed E-state index contributed by atoms with van der Waals surface area (Å²) in [6.07, 6.45) is -2.77. The number of aromatic amines is 1. The molecule has 0 fully saturated rings. The van der Waals surface area contributed by atoms with Crippen LogP contribution in [0.4, 0.5) is 18.9 Å². The van der Waals surface area contributed by atoms with Gasteiger partial charge in [0.05, 0.1) is 10.8 Å². The molecule has 0 aliphatic carbocycles. The molecule has 3 aromatic rings. The number of anilines is 1. The number of alkyl halides is 3. The van der Waals surface area contributed by atoms with Gasteiger partial charge in [-0.15, -0.1) is 10.2 Å². The molecule has 0 spiro atoms. The van der Waals surface area contributed by atoms with Gasteiger partial charge in [0.15, 0.2) is 0 Å². The number of nitrogens with one attached hydrogen (secondary N) is 2. The zero-order chi connectivity index (χ0) is 18.7. The van der Waals surface area contributed by atoms with Gasteiger partial charge < -0.3 is 14.7 Å². The lowest BCUT2D eigenvalue weighted by molar-refractivity contribution is -0.137. The van der Waals surface area contributed by atoms with Gasteiger partial charge in [0.25, 0.3) is 11.1 Å². The molecular formula is C16H13F3N4O2S. The predicted octanol–water partition coefficient (Wildman–Crippen LogP) is 4.20. The number of nitrogens with zero attached hydrogens (tertiary/aromatic N) is 2. The molecule has 136 valence electrons. The Kier molecular flexibility index (Phi) is 5.03. The van der Waals surface area contributed by atoms with Gasteiger partial charge in [-0.05, 0) is 37.3 Å². The van der Waals surface area contributed by atoms with E-state index < -0.39 is 22.9 Å². The maximum atomic E-state index is 12.7. The van der Waals surface area contributed by atoms with Gasteiger partial charge in [0.2, 0.25) is 5.91 Å². The largest absolute Gasteiger partial charge is 0.416 e. The minimum Gasteiger partial charge on any atom is -0.410 e. The molecule has 2 N–H and O–H groups in total. The first-order valence-electron chi connectivity index (χ1n) is 7.45. The Labute approximate surface area is 150 Å². The summed E-state index contributed by atoms with van der Waals surface area (Å²) in [5.41, 5.74) is -0.122. The molecule has 2 aromatic heterocycles. The molecule has 0 aliphatic rings. The van der Waals surface area contributed by atoms with Gasteiger partial charge in [-0.25, -0.2) is 0 Å². The number of hydrogen-bond acceptors (Lipinski definition) is 5. The van der Waals surface area contributed by atoms with Crippen LogP contribution in [0.15, 0.2) is 52.2 Å². The first-order chi connectivity index (χ1) is 12.3. The van der Waals surface area contributed by atoms with Gasteiger partial charge in [0.1, 0.15) is 5.69 Å². The van der Waals surface area contributed by atoms with Crippen LogP contribution in [-0.2, 0) is 11.0 Å². The Morgan fingerprint density at radius 1 is 1.27 bits per heavy atom. The first-order valence-corrected chi connectivity index (χ1v) is 8.33. The summed E-state index contributed by atoms with van der Waals surface area (Å²) >= 11 is 1.01. The number of amides is 1. The molecule has 6 nitrogen and oxygen atoms in total. The van der Waals surface area contributed by atoms with Crippen LogP contribution in [0.1, 0.15) is 12.5 Å². The van der Waals surface area contributed by atoms with Gasteiger partial charge in [-0.3, -0.25) is 4.79 Å². The molecule has 2 heterocycles. The van der Waals surface area contributed by atoms with Gasteiger partial charge in [-0.2, -0.15) is 13.2 Å². The topological polar surface area (TPSA) is 83.8 Å². The third-order valence-electron chi connectivity index (χ3n) is 3.34. The molecule has 0 aliphatic heterocycles. The van der Waals surface area contributed by atoms with Crippen molar-refractivity contribution >= 4 is 23.4 Å². The van der Waals surface area contributed by atoms with Crippen molar-refractivity contribution in [3.63, 3.8) is 0 Å². The van der Waals surface area contributed by atoms with Crippen LogP contribution < -0.4 is 5.32 Å². The molecule has 1 unspecified atom stereocenters. The fourth-order valence-electron chi connectivity index (χ4n) is 2.05. The second-order valence-corrected chi connectivity index (χ2v) is 6.58. The Bertz CT molecular complexity index is 893. The number of hydrogen-bond donors (Lipinski definition) is 2. The van der Waals surface area contributed by atoms with Crippen molar-refractivity contribution in [3.8, 4) is 11.6 Å². The highest BCUT2D eigenvalue weighted by molar-refractivity contribution is 8.00. The summed E-state index contributed by atoms with van der Waals surface area (Å²) in [6, 6.07) is 7.97. The minimum atomic E-state index is -4.47. The molecule has 1 atom stereocenters. The lowest BCUT2D eigenvalue weighted by Crippen LogP contribution is -2.22. The number of H-pyrrole nitrogens is 1. The maximum absolute atomic E-state index is 12.7. The van der Waals surface area contributed by atoms with E-state index in [1.807, 2.05) is 0 Å². The van der Waals surface area contributed by atoms with Gasteiger partial charge >= 0.3 is 6.18 Å². The lowest BCUT2D eigenvalue weighted by atomic mass is 10.2. The minimum absolute atomic E-state index is 0.0647. The third-order valence-corrected chi connectivity index (χ3v) is 4.27.